The minimum absolute atomic E-state index is 0.273. The number of benzene rings is 1. The Labute approximate surface area is 168 Å². The molecule has 0 fully saturated rings. The van der Waals surface area contributed by atoms with E-state index in [2.05, 4.69) is 20.8 Å². The average molecular weight is 396 g/mol. The van der Waals surface area contributed by atoms with Crippen molar-refractivity contribution in [3.8, 4) is 5.75 Å². The summed E-state index contributed by atoms with van der Waals surface area (Å²) in [4.78, 5) is 25.5. The van der Waals surface area contributed by atoms with Crippen LogP contribution >= 0.6 is 0 Å². The molecular weight excluding hydrogens is 372 g/mol. The van der Waals surface area contributed by atoms with Crippen LogP contribution in [0.4, 0.5) is 11.4 Å². The fourth-order valence-corrected chi connectivity index (χ4v) is 2.82. The molecule has 152 valence electrons. The van der Waals surface area contributed by atoms with Gasteiger partial charge in [0.25, 0.3) is 11.8 Å². The van der Waals surface area contributed by atoms with Gasteiger partial charge in [0.15, 0.2) is 0 Å². The normalized spacial score (nSPS) is 10.6. The maximum Gasteiger partial charge on any atom is 0.276 e. The van der Waals surface area contributed by atoms with Crippen LogP contribution in [0.15, 0.2) is 36.7 Å². The van der Waals surface area contributed by atoms with Crippen molar-refractivity contribution in [2.24, 2.45) is 7.05 Å². The van der Waals surface area contributed by atoms with E-state index < -0.39 is 0 Å². The molecule has 0 bridgehead atoms. The Bertz CT molecular complexity index is 1020. The molecule has 0 spiro atoms. The lowest BCUT2D eigenvalue weighted by molar-refractivity contribution is 0.101. The summed E-state index contributed by atoms with van der Waals surface area (Å²) in [6.07, 6.45) is 3.05. The van der Waals surface area contributed by atoms with Gasteiger partial charge in [0.1, 0.15) is 11.4 Å². The number of carbonyl (C=O) groups excluding carboxylic acids is 2. The minimum atomic E-state index is -0.373. The molecule has 2 amide bonds. The standard InChI is InChI=1S/C20H24N6O3/c1-5-26-18(20(28)23-16-11-21-25(4)13(16)3)17(12-22-26)24-19(27)14-7-9-15(10-8-14)29-6-2/h7-12H,5-6H2,1-4H3,(H,23,28)(H,24,27). The Kier molecular flexibility index (Phi) is 5.96. The van der Waals surface area contributed by atoms with Crippen LogP contribution in [0, 0.1) is 6.92 Å². The van der Waals surface area contributed by atoms with Crippen LogP contribution in [-0.4, -0.2) is 38.0 Å². The van der Waals surface area contributed by atoms with E-state index in [-0.39, 0.29) is 17.5 Å². The lowest BCUT2D eigenvalue weighted by atomic mass is 10.2. The van der Waals surface area contributed by atoms with Crippen molar-refractivity contribution in [3.05, 3.63) is 53.6 Å². The second-order valence-electron chi connectivity index (χ2n) is 6.36. The van der Waals surface area contributed by atoms with Crippen molar-refractivity contribution in [3.63, 3.8) is 0 Å². The Morgan fingerprint density at radius 1 is 1.00 bits per heavy atom. The van der Waals surface area contributed by atoms with Crippen LogP contribution in [-0.2, 0) is 13.6 Å². The third kappa shape index (κ3) is 4.29. The van der Waals surface area contributed by atoms with E-state index in [0.29, 0.717) is 35.8 Å². The monoisotopic (exact) mass is 396 g/mol. The molecule has 0 radical (unpaired) electrons. The fourth-order valence-electron chi connectivity index (χ4n) is 2.82. The number of rotatable bonds is 7. The van der Waals surface area contributed by atoms with Crippen LogP contribution < -0.4 is 15.4 Å². The van der Waals surface area contributed by atoms with Crippen molar-refractivity contribution in [2.75, 3.05) is 17.2 Å². The number of amides is 2. The number of hydrogen-bond acceptors (Lipinski definition) is 5. The van der Waals surface area contributed by atoms with Crippen molar-refractivity contribution in [2.45, 2.75) is 27.3 Å². The molecule has 0 saturated heterocycles. The van der Waals surface area contributed by atoms with Gasteiger partial charge in [-0.1, -0.05) is 0 Å². The number of hydrogen-bond donors (Lipinski definition) is 2. The summed E-state index contributed by atoms with van der Waals surface area (Å²) in [6.45, 7) is 6.65. The summed E-state index contributed by atoms with van der Waals surface area (Å²) in [5, 5.41) is 13.9. The van der Waals surface area contributed by atoms with Crippen LogP contribution in [0.2, 0.25) is 0 Å². The topological polar surface area (TPSA) is 103 Å². The molecule has 2 N–H and O–H groups in total. The van der Waals surface area contributed by atoms with Crippen LogP contribution in [0.3, 0.4) is 0 Å². The number of nitrogens with one attached hydrogen (secondary N) is 2. The van der Waals surface area contributed by atoms with Gasteiger partial charge in [0, 0.05) is 19.2 Å². The molecule has 0 aliphatic carbocycles. The van der Waals surface area contributed by atoms with Crippen LogP contribution in [0.1, 0.15) is 40.4 Å². The predicted octanol–water partition coefficient (Wildman–Crippen LogP) is 2.85. The zero-order valence-electron chi connectivity index (χ0n) is 16.9. The van der Waals surface area contributed by atoms with E-state index >= 15 is 0 Å². The first-order chi connectivity index (χ1) is 13.9. The lowest BCUT2D eigenvalue weighted by Gasteiger charge is -2.10. The van der Waals surface area contributed by atoms with Crippen molar-refractivity contribution in [1.29, 1.82) is 0 Å². The molecule has 0 aliphatic rings. The third-order valence-electron chi connectivity index (χ3n) is 4.51. The Morgan fingerprint density at radius 3 is 2.24 bits per heavy atom. The highest BCUT2D eigenvalue weighted by atomic mass is 16.5. The average Bonchev–Trinajstić information content (AvgIpc) is 3.26. The molecule has 0 atom stereocenters. The quantitative estimate of drug-likeness (QED) is 0.639. The van der Waals surface area contributed by atoms with Crippen LogP contribution in [0.25, 0.3) is 0 Å². The number of carbonyl (C=O) groups is 2. The first kappa shape index (κ1) is 20.1. The van der Waals surface area contributed by atoms with E-state index in [1.807, 2.05) is 20.8 Å². The summed E-state index contributed by atoms with van der Waals surface area (Å²) in [5.74, 6) is -0.0208. The Morgan fingerprint density at radius 2 is 1.66 bits per heavy atom. The molecule has 0 aliphatic heterocycles. The number of aryl methyl sites for hydroxylation is 2. The molecule has 9 nitrogen and oxygen atoms in total. The van der Waals surface area contributed by atoms with E-state index in [1.165, 1.54) is 10.9 Å². The molecule has 9 heteroatoms. The maximum absolute atomic E-state index is 12.9. The molecule has 0 unspecified atom stereocenters. The number of aromatic nitrogens is 4. The van der Waals surface area contributed by atoms with Gasteiger partial charge in [-0.2, -0.15) is 10.2 Å². The van der Waals surface area contributed by atoms with Gasteiger partial charge in [-0.3, -0.25) is 19.0 Å². The fraction of sp³-hybridized carbons (Fsp3) is 0.300. The molecule has 29 heavy (non-hydrogen) atoms. The number of anilines is 2. The zero-order chi connectivity index (χ0) is 21.0. The highest BCUT2D eigenvalue weighted by Crippen LogP contribution is 2.21. The summed E-state index contributed by atoms with van der Waals surface area (Å²) >= 11 is 0. The van der Waals surface area contributed by atoms with Gasteiger partial charge in [-0.15, -0.1) is 0 Å². The summed E-state index contributed by atoms with van der Waals surface area (Å²) in [7, 11) is 1.80. The molecule has 2 heterocycles. The van der Waals surface area contributed by atoms with Crippen LogP contribution in [0.5, 0.6) is 5.75 Å². The van der Waals surface area contributed by atoms with Gasteiger partial charge in [-0.25, -0.2) is 0 Å². The predicted molar refractivity (Wildman–Crippen MR) is 109 cm³/mol. The number of ether oxygens (including phenoxy) is 1. The lowest BCUT2D eigenvalue weighted by Crippen LogP contribution is -2.21. The molecule has 0 saturated carbocycles. The van der Waals surface area contributed by atoms with Gasteiger partial charge in [0.05, 0.1) is 36.1 Å². The maximum atomic E-state index is 12.9. The molecular formula is C20H24N6O3. The Hall–Kier alpha value is -3.62. The van der Waals surface area contributed by atoms with Gasteiger partial charge < -0.3 is 15.4 Å². The second-order valence-corrected chi connectivity index (χ2v) is 6.36. The Balaban J connectivity index is 1.81. The minimum Gasteiger partial charge on any atom is -0.494 e. The van der Waals surface area contributed by atoms with E-state index in [1.54, 1.807) is 42.2 Å². The molecule has 3 rings (SSSR count). The van der Waals surface area contributed by atoms with Crippen molar-refractivity contribution >= 4 is 23.2 Å². The largest absolute Gasteiger partial charge is 0.494 e. The zero-order valence-corrected chi connectivity index (χ0v) is 16.9. The third-order valence-corrected chi connectivity index (χ3v) is 4.51. The molecule has 2 aromatic heterocycles. The summed E-state index contributed by atoms with van der Waals surface area (Å²) in [6, 6.07) is 6.80. The summed E-state index contributed by atoms with van der Waals surface area (Å²) in [5.41, 5.74) is 2.48. The van der Waals surface area contributed by atoms with E-state index in [9.17, 15) is 9.59 Å². The highest BCUT2D eigenvalue weighted by molar-refractivity contribution is 6.11. The van der Waals surface area contributed by atoms with Gasteiger partial charge in [0.2, 0.25) is 0 Å². The van der Waals surface area contributed by atoms with Gasteiger partial charge in [-0.05, 0) is 45.0 Å². The first-order valence-electron chi connectivity index (χ1n) is 9.34. The summed E-state index contributed by atoms with van der Waals surface area (Å²) < 4.78 is 8.60. The van der Waals surface area contributed by atoms with E-state index in [0.717, 1.165) is 5.69 Å². The van der Waals surface area contributed by atoms with Gasteiger partial charge >= 0.3 is 0 Å². The van der Waals surface area contributed by atoms with Crippen molar-refractivity contribution < 1.29 is 14.3 Å². The molecule has 3 aromatic rings. The SMILES string of the molecule is CCOc1ccc(C(=O)Nc2cnn(CC)c2C(=O)Nc2cnn(C)c2C)cc1. The molecule has 1 aromatic carbocycles. The second kappa shape index (κ2) is 8.59. The first-order valence-corrected chi connectivity index (χ1v) is 9.34. The van der Waals surface area contributed by atoms with E-state index in [4.69, 9.17) is 4.74 Å². The number of nitrogens with zero attached hydrogens (tertiary/aromatic N) is 4. The smallest absolute Gasteiger partial charge is 0.276 e. The van der Waals surface area contributed by atoms with Crippen molar-refractivity contribution in [1.82, 2.24) is 19.6 Å². The highest BCUT2D eigenvalue weighted by Gasteiger charge is 2.21.